The summed E-state index contributed by atoms with van der Waals surface area (Å²) < 4.78 is 32.6. The number of piperazine rings is 1. The molecule has 5 rings (SSSR count). The maximum Gasteiger partial charge on any atom is 0.235 e. The van der Waals surface area contributed by atoms with Gasteiger partial charge in [-0.25, -0.2) is 13.4 Å². The van der Waals surface area contributed by atoms with E-state index in [0.29, 0.717) is 12.3 Å². The van der Waals surface area contributed by atoms with Crippen LogP contribution in [-0.2, 0) is 16.4 Å². The first-order chi connectivity index (χ1) is 18.8. The van der Waals surface area contributed by atoms with Crippen molar-refractivity contribution in [3.63, 3.8) is 0 Å². The standard InChI is InChI=1S/C30H37N5O3S/c1-4-23-7-5-8-24(21-23)30-31-27-9-6-10-28(29(27)32-30)35-17-15-34(16-18-35)19-20-38-26-13-11-25(12-14-26)33-39(36,37)22(2)3/h5-14,21-22,33H,4,15-20H2,1-3H3,(H,31,32). The van der Waals surface area contributed by atoms with E-state index in [1.54, 1.807) is 38.1 Å². The molecule has 0 saturated carbocycles. The predicted octanol–water partition coefficient (Wildman–Crippen LogP) is 5.14. The van der Waals surface area contributed by atoms with E-state index in [1.807, 2.05) is 0 Å². The van der Waals surface area contributed by atoms with Gasteiger partial charge in [-0.2, -0.15) is 0 Å². The topological polar surface area (TPSA) is 90.6 Å². The Labute approximate surface area is 231 Å². The Morgan fingerprint density at radius 3 is 2.46 bits per heavy atom. The van der Waals surface area contributed by atoms with Gasteiger partial charge in [0, 0.05) is 44.0 Å². The Balaban J connectivity index is 1.14. The van der Waals surface area contributed by atoms with Crippen LogP contribution in [0.2, 0.25) is 0 Å². The zero-order chi connectivity index (χ0) is 27.4. The molecule has 1 fully saturated rings. The number of aryl methyl sites for hydroxylation is 1. The Morgan fingerprint density at radius 2 is 1.74 bits per heavy atom. The van der Waals surface area contributed by atoms with Gasteiger partial charge in [-0.1, -0.05) is 31.2 Å². The molecule has 9 heteroatoms. The number of sulfonamides is 1. The van der Waals surface area contributed by atoms with Gasteiger partial charge in [0.05, 0.1) is 16.5 Å². The summed E-state index contributed by atoms with van der Waals surface area (Å²) in [6.07, 6.45) is 1.00. The molecule has 2 N–H and O–H groups in total. The van der Waals surface area contributed by atoms with Gasteiger partial charge in [0.1, 0.15) is 23.7 Å². The number of nitrogens with zero attached hydrogens (tertiary/aromatic N) is 3. The smallest absolute Gasteiger partial charge is 0.235 e. The number of imidazole rings is 1. The SMILES string of the molecule is CCc1cccc(-c2nc3c(N4CCN(CCOc5ccc(NS(=O)(=O)C(C)C)cc5)CC4)cccc3[nH]2)c1. The lowest BCUT2D eigenvalue weighted by Gasteiger charge is -2.36. The number of rotatable bonds is 10. The fourth-order valence-corrected chi connectivity index (χ4v) is 5.45. The highest BCUT2D eigenvalue weighted by Gasteiger charge is 2.20. The highest BCUT2D eigenvalue weighted by Crippen LogP contribution is 2.29. The number of aromatic nitrogens is 2. The zero-order valence-corrected chi connectivity index (χ0v) is 23.7. The molecule has 3 aromatic carbocycles. The van der Waals surface area contributed by atoms with Gasteiger partial charge < -0.3 is 14.6 Å². The molecule has 1 aliphatic heterocycles. The molecule has 0 radical (unpaired) electrons. The first-order valence-corrected chi connectivity index (χ1v) is 15.2. The fraction of sp³-hybridized carbons (Fsp3) is 0.367. The third kappa shape index (κ3) is 6.37. The van der Waals surface area contributed by atoms with Crippen LogP contribution in [0, 0.1) is 0 Å². The maximum atomic E-state index is 12.0. The summed E-state index contributed by atoms with van der Waals surface area (Å²) in [4.78, 5) is 13.3. The fourth-order valence-electron chi connectivity index (χ4n) is 4.75. The molecule has 0 aliphatic carbocycles. The van der Waals surface area contributed by atoms with Crippen molar-refractivity contribution < 1.29 is 13.2 Å². The lowest BCUT2D eigenvalue weighted by molar-refractivity contribution is 0.200. The predicted molar refractivity (Wildman–Crippen MR) is 159 cm³/mol. The number of fused-ring (bicyclic) bond motifs is 1. The molecule has 1 aromatic heterocycles. The van der Waals surface area contributed by atoms with Crippen LogP contribution in [0.1, 0.15) is 26.3 Å². The second-order valence-electron chi connectivity index (χ2n) is 10.2. The number of hydrogen-bond acceptors (Lipinski definition) is 6. The van der Waals surface area contributed by atoms with Crippen LogP contribution in [0.5, 0.6) is 5.75 Å². The van der Waals surface area contributed by atoms with Crippen molar-refractivity contribution >= 4 is 32.4 Å². The molecule has 1 saturated heterocycles. The van der Waals surface area contributed by atoms with E-state index in [0.717, 1.165) is 67.3 Å². The summed E-state index contributed by atoms with van der Waals surface area (Å²) in [7, 11) is -3.35. The molecule has 4 aromatic rings. The minimum Gasteiger partial charge on any atom is -0.492 e. The number of hydrogen-bond donors (Lipinski definition) is 2. The van der Waals surface area contributed by atoms with E-state index < -0.39 is 15.3 Å². The zero-order valence-electron chi connectivity index (χ0n) is 22.9. The van der Waals surface area contributed by atoms with Gasteiger partial charge in [0.25, 0.3) is 0 Å². The molecule has 1 aliphatic rings. The van der Waals surface area contributed by atoms with Gasteiger partial charge in [-0.3, -0.25) is 9.62 Å². The summed E-state index contributed by atoms with van der Waals surface area (Å²) in [6, 6.07) is 22.0. The molecule has 2 heterocycles. The number of benzene rings is 3. The van der Waals surface area contributed by atoms with E-state index in [-0.39, 0.29) is 0 Å². The quantitative estimate of drug-likeness (QED) is 0.286. The first-order valence-electron chi connectivity index (χ1n) is 13.6. The largest absolute Gasteiger partial charge is 0.492 e. The van der Waals surface area contributed by atoms with Gasteiger partial charge in [0.15, 0.2) is 0 Å². The molecule has 0 spiro atoms. The summed E-state index contributed by atoms with van der Waals surface area (Å²) in [5, 5.41) is -0.484. The van der Waals surface area contributed by atoms with Gasteiger partial charge in [-0.15, -0.1) is 0 Å². The van der Waals surface area contributed by atoms with Crippen LogP contribution < -0.4 is 14.4 Å². The second kappa shape index (κ2) is 11.7. The Morgan fingerprint density at radius 1 is 1.00 bits per heavy atom. The number of para-hydroxylation sites is 1. The van der Waals surface area contributed by atoms with Crippen LogP contribution in [0.4, 0.5) is 11.4 Å². The van der Waals surface area contributed by atoms with Crippen molar-refractivity contribution in [2.24, 2.45) is 0 Å². The summed E-state index contributed by atoms with van der Waals surface area (Å²) in [5.41, 5.74) is 6.22. The van der Waals surface area contributed by atoms with E-state index in [9.17, 15) is 8.42 Å². The number of nitrogens with one attached hydrogen (secondary N) is 2. The van der Waals surface area contributed by atoms with E-state index >= 15 is 0 Å². The lowest BCUT2D eigenvalue weighted by atomic mass is 10.1. The van der Waals surface area contributed by atoms with E-state index in [1.165, 1.54) is 11.3 Å². The number of ether oxygens (including phenoxy) is 1. The third-order valence-electron chi connectivity index (χ3n) is 7.22. The third-order valence-corrected chi connectivity index (χ3v) is 8.99. The van der Waals surface area contributed by atoms with Crippen LogP contribution >= 0.6 is 0 Å². The van der Waals surface area contributed by atoms with Crippen molar-refractivity contribution in [2.75, 3.05) is 49.0 Å². The van der Waals surface area contributed by atoms with E-state index in [4.69, 9.17) is 9.72 Å². The molecule has 0 bridgehead atoms. The van der Waals surface area contributed by atoms with Crippen molar-refractivity contribution in [3.8, 4) is 17.1 Å². The van der Waals surface area contributed by atoms with Gasteiger partial charge in [0.2, 0.25) is 10.0 Å². The van der Waals surface area contributed by atoms with Crippen molar-refractivity contribution in [1.82, 2.24) is 14.9 Å². The lowest BCUT2D eigenvalue weighted by Crippen LogP contribution is -2.47. The average molecular weight is 548 g/mol. The molecular weight excluding hydrogens is 510 g/mol. The Hall–Kier alpha value is -3.56. The monoisotopic (exact) mass is 547 g/mol. The molecular formula is C30H37N5O3S. The van der Waals surface area contributed by atoms with Crippen LogP contribution in [0.3, 0.4) is 0 Å². The molecule has 0 atom stereocenters. The second-order valence-corrected chi connectivity index (χ2v) is 12.4. The number of anilines is 2. The molecule has 0 amide bonds. The summed E-state index contributed by atoms with van der Waals surface area (Å²) in [5.74, 6) is 1.64. The van der Waals surface area contributed by atoms with Crippen molar-refractivity contribution in [3.05, 3.63) is 72.3 Å². The molecule has 0 unspecified atom stereocenters. The molecule has 39 heavy (non-hydrogen) atoms. The average Bonchev–Trinajstić information content (AvgIpc) is 3.39. The number of aromatic amines is 1. The minimum atomic E-state index is -3.35. The van der Waals surface area contributed by atoms with Crippen molar-refractivity contribution in [2.45, 2.75) is 32.4 Å². The highest BCUT2D eigenvalue weighted by atomic mass is 32.2. The molecule has 206 valence electrons. The van der Waals surface area contributed by atoms with Gasteiger partial charge in [-0.05, 0) is 68.3 Å². The van der Waals surface area contributed by atoms with Crippen LogP contribution in [0.25, 0.3) is 22.4 Å². The maximum absolute atomic E-state index is 12.0. The Bertz CT molecular complexity index is 1510. The highest BCUT2D eigenvalue weighted by molar-refractivity contribution is 7.93. The van der Waals surface area contributed by atoms with Crippen LogP contribution in [-0.4, -0.2) is 67.9 Å². The minimum absolute atomic E-state index is 0.484. The van der Waals surface area contributed by atoms with Crippen molar-refractivity contribution in [1.29, 1.82) is 0 Å². The van der Waals surface area contributed by atoms with Gasteiger partial charge >= 0.3 is 0 Å². The number of H-pyrrole nitrogens is 1. The Kier molecular flexibility index (Phi) is 8.09. The van der Waals surface area contributed by atoms with Crippen LogP contribution in [0.15, 0.2) is 66.7 Å². The van der Waals surface area contributed by atoms with E-state index in [2.05, 4.69) is 68.9 Å². The summed E-state index contributed by atoms with van der Waals surface area (Å²) >= 11 is 0. The summed E-state index contributed by atoms with van der Waals surface area (Å²) in [6.45, 7) is 10.6. The molecule has 8 nitrogen and oxygen atoms in total. The first kappa shape index (κ1) is 27.0. The normalized spacial score (nSPS) is 14.7.